The van der Waals surface area contributed by atoms with Crippen LogP contribution in [0.15, 0.2) is 0 Å². The van der Waals surface area contributed by atoms with Crippen molar-refractivity contribution < 1.29 is 9.53 Å². The van der Waals surface area contributed by atoms with Gasteiger partial charge in [-0.2, -0.15) is 0 Å². The van der Waals surface area contributed by atoms with Crippen LogP contribution >= 0.6 is 15.9 Å². The Bertz CT molecular complexity index is 313. The van der Waals surface area contributed by atoms with Crippen LogP contribution < -0.4 is 0 Å². The van der Waals surface area contributed by atoms with Gasteiger partial charge in [0.1, 0.15) is 5.60 Å². The van der Waals surface area contributed by atoms with Crippen LogP contribution in [0.25, 0.3) is 0 Å². The Morgan fingerprint density at radius 2 is 2.18 bits per heavy atom. The fraction of sp³-hybridized carbons (Fsp3) is 0.923. The highest BCUT2D eigenvalue weighted by Gasteiger charge is 2.55. The zero-order valence-electron chi connectivity index (χ0n) is 11.1. The molecule has 3 aliphatic rings. The van der Waals surface area contributed by atoms with E-state index in [1.54, 1.807) is 0 Å². The first-order valence-corrected chi connectivity index (χ1v) is 7.51. The first-order chi connectivity index (χ1) is 7.83. The molecule has 0 N–H and O–H groups in total. The molecule has 3 nitrogen and oxygen atoms in total. The van der Waals surface area contributed by atoms with E-state index in [1.165, 1.54) is 6.42 Å². The number of rotatable bonds is 2. The van der Waals surface area contributed by atoms with Gasteiger partial charge in [-0.1, -0.05) is 22.9 Å². The van der Waals surface area contributed by atoms with Crippen LogP contribution in [0.1, 0.15) is 34.1 Å². The maximum absolute atomic E-state index is 12.0. The van der Waals surface area contributed by atoms with Crippen molar-refractivity contribution >= 4 is 22.0 Å². The second-order valence-corrected chi connectivity index (χ2v) is 7.05. The number of hydrogen-bond donors (Lipinski definition) is 0. The van der Waals surface area contributed by atoms with Crippen LogP contribution in [0.3, 0.4) is 0 Å². The van der Waals surface area contributed by atoms with E-state index in [1.807, 2.05) is 25.7 Å². The van der Waals surface area contributed by atoms with Gasteiger partial charge in [-0.3, -0.25) is 0 Å². The lowest BCUT2D eigenvalue weighted by Gasteiger charge is -2.40. The average Bonchev–Trinajstić information content (AvgIpc) is 2.71. The highest BCUT2D eigenvalue weighted by atomic mass is 79.9. The lowest BCUT2D eigenvalue weighted by atomic mass is 9.68. The van der Waals surface area contributed by atoms with Gasteiger partial charge in [0.15, 0.2) is 0 Å². The van der Waals surface area contributed by atoms with Gasteiger partial charge in [0.25, 0.3) is 0 Å². The molecule has 4 heteroatoms. The molecule has 0 aromatic rings. The maximum atomic E-state index is 12.0. The number of halogens is 1. The Kier molecular flexibility index (Phi) is 3.45. The fourth-order valence-corrected chi connectivity index (χ4v) is 3.57. The summed E-state index contributed by atoms with van der Waals surface area (Å²) in [5.41, 5.74) is -0.388. The van der Waals surface area contributed by atoms with E-state index in [9.17, 15) is 4.79 Å². The van der Waals surface area contributed by atoms with E-state index >= 15 is 0 Å². The smallest absolute Gasteiger partial charge is 0.410 e. The minimum atomic E-state index is -0.388. The normalized spacial score (nSPS) is 33.2. The zero-order valence-corrected chi connectivity index (χ0v) is 12.7. The molecule has 0 radical (unpaired) electrons. The Morgan fingerprint density at radius 3 is 2.71 bits per heavy atom. The van der Waals surface area contributed by atoms with Crippen LogP contribution in [-0.2, 0) is 4.74 Å². The van der Waals surface area contributed by atoms with E-state index in [4.69, 9.17) is 4.74 Å². The molecule has 17 heavy (non-hydrogen) atoms. The lowest BCUT2D eigenvalue weighted by Crippen LogP contribution is -2.45. The quantitative estimate of drug-likeness (QED) is 0.733. The van der Waals surface area contributed by atoms with Crippen molar-refractivity contribution in [1.82, 2.24) is 4.90 Å². The fourth-order valence-electron chi connectivity index (χ4n) is 3.14. The summed E-state index contributed by atoms with van der Waals surface area (Å²) in [6.45, 7) is 8.91. The summed E-state index contributed by atoms with van der Waals surface area (Å²) in [6.07, 6.45) is 1.04. The first kappa shape index (κ1) is 13.2. The summed E-state index contributed by atoms with van der Waals surface area (Å²) in [5.74, 6) is 2.01. The number of carbonyl (C=O) groups is 1. The van der Waals surface area contributed by atoms with Crippen molar-refractivity contribution in [2.24, 2.45) is 17.8 Å². The van der Waals surface area contributed by atoms with Gasteiger partial charge in [-0.05, 0) is 44.9 Å². The van der Waals surface area contributed by atoms with Crippen LogP contribution in [0, 0.1) is 17.8 Å². The number of hydrogen-bond acceptors (Lipinski definition) is 2. The first-order valence-electron chi connectivity index (χ1n) is 6.39. The molecule has 3 fully saturated rings. The van der Waals surface area contributed by atoms with Crippen molar-refractivity contribution in [1.29, 1.82) is 0 Å². The molecule has 2 bridgehead atoms. The Hall–Kier alpha value is -0.250. The maximum Gasteiger partial charge on any atom is 0.410 e. The predicted octanol–water partition coefficient (Wildman–Crippen LogP) is 3.27. The monoisotopic (exact) mass is 303 g/mol. The standard InChI is InChI=1S/C13H22BrNO2/c1-8(6-14)11-9-5-10(11)15(7-9)12(16)17-13(2,3)4/h8-11H,5-7H2,1-4H3/t8?,9-,10-,11?/m0/s1. The molecule has 2 aliphatic heterocycles. The van der Waals surface area contributed by atoms with Crippen molar-refractivity contribution in [3.05, 3.63) is 0 Å². The molecule has 2 saturated heterocycles. The topological polar surface area (TPSA) is 29.5 Å². The van der Waals surface area contributed by atoms with E-state index in [0.29, 0.717) is 23.8 Å². The minimum absolute atomic E-state index is 0.130. The van der Waals surface area contributed by atoms with Gasteiger partial charge in [-0.15, -0.1) is 0 Å². The number of carbonyl (C=O) groups excluding carboxylic acids is 1. The number of alkyl halides is 1. The molecule has 0 spiro atoms. The molecule has 2 unspecified atom stereocenters. The number of amides is 1. The molecule has 1 amide bonds. The largest absolute Gasteiger partial charge is 0.444 e. The van der Waals surface area contributed by atoms with Gasteiger partial charge in [-0.25, -0.2) is 4.79 Å². The number of fused-ring (bicyclic) bond motifs is 1. The van der Waals surface area contributed by atoms with E-state index in [2.05, 4.69) is 22.9 Å². The average molecular weight is 304 g/mol. The molecule has 1 saturated carbocycles. The van der Waals surface area contributed by atoms with Gasteiger partial charge in [0.05, 0.1) is 0 Å². The van der Waals surface area contributed by atoms with Gasteiger partial charge in [0, 0.05) is 17.9 Å². The molecule has 4 atom stereocenters. The molecule has 3 rings (SSSR count). The van der Waals surface area contributed by atoms with Crippen LogP contribution in [-0.4, -0.2) is 34.5 Å². The number of ether oxygens (including phenoxy) is 1. The van der Waals surface area contributed by atoms with Crippen molar-refractivity contribution in [3.63, 3.8) is 0 Å². The van der Waals surface area contributed by atoms with Gasteiger partial charge in [0.2, 0.25) is 0 Å². The summed E-state index contributed by atoms with van der Waals surface area (Å²) in [7, 11) is 0. The Balaban J connectivity index is 1.96. The highest BCUT2D eigenvalue weighted by Crippen LogP contribution is 2.50. The van der Waals surface area contributed by atoms with Crippen LogP contribution in [0.2, 0.25) is 0 Å². The summed E-state index contributed by atoms with van der Waals surface area (Å²) in [5, 5.41) is 1.02. The van der Waals surface area contributed by atoms with E-state index < -0.39 is 0 Å². The van der Waals surface area contributed by atoms with Crippen molar-refractivity contribution in [2.75, 3.05) is 11.9 Å². The zero-order chi connectivity index (χ0) is 12.8. The molecular weight excluding hydrogens is 282 g/mol. The summed E-state index contributed by atoms with van der Waals surface area (Å²) in [6, 6.07) is 0.419. The van der Waals surface area contributed by atoms with Gasteiger partial charge < -0.3 is 9.64 Å². The third-order valence-electron chi connectivity index (χ3n) is 3.89. The van der Waals surface area contributed by atoms with Gasteiger partial charge >= 0.3 is 6.09 Å². The van der Waals surface area contributed by atoms with E-state index in [0.717, 1.165) is 11.9 Å². The van der Waals surface area contributed by atoms with Crippen molar-refractivity contribution in [3.8, 4) is 0 Å². The summed E-state index contributed by atoms with van der Waals surface area (Å²) >= 11 is 3.54. The third kappa shape index (κ3) is 2.47. The molecule has 98 valence electrons. The van der Waals surface area contributed by atoms with E-state index in [-0.39, 0.29) is 11.7 Å². The molecular formula is C13H22BrNO2. The highest BCUT2D eigenvalue weighted by molar-refractivity contribution is 9.09. The second-order valence-electron chi connectivity index (χ2n) is 6.40. The van der Waals surface area contributed by atoms with Crippen LogP contribution in [0.4, 0.5) is 4.79 Å². The molecule has 1 aliphatic carbocycles. The predicted molar refractivity (Wildman–Crippen MR) is 71.3 cm³/mol. The lowest BCUT2D eigenvalue weighted by molar-refractivity contribution is 0.0173. The van der Waals surface area contributed by atoms with Crippen LogP contribution in [0.5, 0.6) is 0 Å². The SMILES string of the molecule is CC(CBr)C1[C@H]2C[C@@H]1N(C(=O)OC(C)(C)C)C2. The summed E-state index contributed by atoms with van der Waals surface area (Å²) in [4.78, 5) is 14.0. The Labute approximate surface area is 112 Å². The minimum Gasteiger partial charge on any atom is -0.444 e. The molecule has 2 heterocycles. The molecule has 0 aromatic carbocycles. The van der Waals surface area contributed by atoms with Crippen molar-refractivity contribution in [2.45, 2.75) is 45.8 Å². The Morgan fingerprint density at radius 1 is 1.53 bits per heavy atom. The molecule has 0 aromatic heterocycles. The number of nitrogens with zero attached hydrogens (tertiary/aromatic N) is 1. The second kappa shape index (κ2) is 4.45. The summed E-state index contributed by atoms with van der Waals surface area (Å²) < 4.78 is 5.46. The third-order valence-corrected chi connectivity index (χ3v) is 4.91.